The third-order valence-corrected chi connectivity index (χ3v) is 11.6. The number of rotatable bonds is 14. The van der Waals surface area contributed by atoms with E-state index in [0.29, 0.717) is 23.4 Å². The summed E-state index contributed by atoms with van der Waals surface area (Å²) >= 11 is 1.60. The Balaban J connectivity index is 1.17. The quantitative estimate of drug-likeness (QED) is 0.127. The lowest BCUT2D eigenvalue weighted by Crippen LogP contribution is -2.37. The summed E-state index contributed by atoms with van der Waals surface area (Å²) in [5.74, 6) is -0.785. The van der Waals surface area contributed by atoms with Gasteiger partial charge in [-0.1, -0.05) is 18.2 Å². The maximum Gasteiger partial charge on any atom is 0.337 e. The van der Waals surface area contributed by atoms with E-state index in [1.54, 1.807) is 65.9 Å². The molecule has 5 aromatic rings. The highest BCUT2D eigenvalue weighted by Gasteiger charge is 2.30. The number of carbonyl (C=O) groups is 2. The first-order valence-corrected chi connectivity index (χ1v) is 19.1. The number of thiazole rings is 1. The Morgan fingerprint density at radius 2 is 1.72 bits per heavy atom. The van der Waals surface area contributed by atoms with Crippen LogP contribution in [-0.4, -0.2) is 81.5 Å². The Morgan fingerprint density at radius 1 is 0.981 bits per heavy atom. The summed E-state index contributed by atoms with van der Waals surface area (Å²) in [6.45, 7) is 1.33. The molecule has 53 heavy (non-hydrogen) atoms. The molecule has 12 nitrogen and oxygen atoms in total. The molecule has 0 aliphatic carbocycles. The van der Waals surface area contributed by atoms with E-state index >= 15 is 0 Å². The Hall–Kier alpha value is -5.12. The van der Waals surface area contributed by atoms with Gasteiger partial charge in [0.1, 0.15) is 10.8 Å². The van der Waals surface area contributed by atoms with E-state index < -0.39 is 34.8 Å². The van der Waals surface area contributed by atoms with Crippen molar-refractivity contribution in [2.75, 3.05) is 45.8 Å². The number of amides is 1. The van der Waals surface area contributed by atoms with Crippen LogP contribution in [0.15, 0.2) is 108 Å². The van der Waals surface area contributed by atoms with Crippen LogP contribution in [0.2, 0.25) is 0 Å². The fraction of sp³-hybridized carbons (Fsp3) is 0.256. The average Bonchev–Trinajstić information content (AvgIpc) is 3.60. The lowest BCUT2D eigenvalue weighted by molar-refractivity contribution is -0.143. The first-order valence-electron chi connectivity index (χ1n) is 16.8. The van der Waals surface area contributed by atoms with E-state index in [4.69, 9.17) is 23.9 Å². The number of fused-ring (bicyclic) bond motifs is 1. The molecule has 1 aliphatic rings. The monoisotopic (exact) mass is 757 g/mol. The Labute approximate surface area is 311 Å². The van der Waals surface area contributed by atoms with E-state index in [1.807, 2.05) is 31.2 Å². The first kappa shape index (κ1) is 37.6. The van der Waals surface area contributed by atoms with Gasteiger partial charge in [-0.3, -0.25) is 4.79 Å². The van der Waals surface area contributed by atoms with Gasteiger partial charge in [-0.2, -0.15) is 4.31 Å². The Kier molecular flexibility index (Phi) is 11.9. The second kappa shape index (κ2) is 16.7. The lowest BCUT2D eigenvalue weighted by atomic mass is 9.92. The normalized spacial score (nSPS) is 15.8. The molecular weight excluding hydrogens is 719 g/mol. The van der Waals surface area contributed by atoms with Crippen molar-refractivity contribution in [2.24, 2.45) is 0 Å². The second-order valence-corrected chi connectivity index (χ2v) is 15.2. The van der Waals surface area contributed by atoms with Gasteiger partial charge in [0, 0.05) is 36.7 Å². The van der Waals surface area contributed by atoms with Gasteiger partial charge in [0.2, 0.25) is 16.3 Å². The highest BCUT2D eigenvalue weighted by Crippen LogP contribution is 2.34. The number of sulfonamides is 1. The molecule has 6 rings (SSSR count). The van der Waals surface area contributed by atoms with Gasteiger partial charge < -0.3 is 29.4 Å². The van der Waals surface area contributed by atoms with E-state index in [-0.39, 0.29) is 36.3 Å². The Bertz CT molecular complexity index is 2200. The molecule has 276 valence electrons. The molecule has 2 heterocycles. The van der Waals surface area contributed by atoms with Gasteiger partial charge in [0.05, 0.1) is 48.1 Å². The number of methoxy groups -OCH3 is 2. The van der Waals surface area contributed by atoms with Gasteiger partial charge in [-0.05, 0) is 96.9 Å². The fourth-order valence-electron chi connectivity index (χ4n) is 5.83. The number of nitrogens with zero attached hydrogens (tertiary/aromatic N) is 2. The van der Waals surface area contributed by atoms with Crippen molar-refractivity contribution in [1.29, 1.82) is 0 Å². The number of hydrogen-bond donors (Lipinski definition) is 2. The maximum absolute atomic E-state index is 13.6. The van der Waals surface area contributed by atoms with Crippen LogP contribution in [0.1, 0.15) is 33.8 Å². The number of aromatic nitrogens is 1. The number of aliphatic hydroxyl groups excluding tert-OH is 1. The average molecular weight is 758 g/mol. The molecule has 4 aromatic carbocycles. The first-order chi connectivity index (χ1) is 25.6. The van der Waals surface area contributed by atoms with Gasteiger partial charge in [-0.25, -0.2) is 18.2 Å². The molecule has 0 spiro atoms. The zero-order valence-electron chi connectivity index (χ0n) is 29.4. The predicted octanol–water partition coefficient (Wildman–Crippen LogP) is 6.12. The van der Waals surface area contributed by atoms with Gasteiger partial charge in [-0.15, -0.1) is 11.3 Å². The minimum Gasteiger partial charge on any atom is -0.497 e. The summed E-state index contributed by atoms with van der Waals surface area (Å²) in [6, 6.07) is 26.3. The molecule has 0 saturated carbocycles. The molecule has 0 saturated heterocycles. The van der Waals surface area contributed by atoms with Crippen molar-refractivity contribution in [3.8, 4) is 16.3 Å². The molecule has 1 amide bonds. The maximum atomic E-state index is 13.6. The van der Waals surface area contributed by atoms with Crippen LogP contribution < -0.4 is 10.1 Å². The largest absolute Gasteiger partial charge is 0.497 e. The summed E-state index contributed by atoms with van der Waals surface area (Å²) in [7, 11) is -1.17. The highest BCUT2D eigenvalue weighted by atomic mass is 32.2. The van der Waals surface area contributed by atoms with Crippen molar-refractivity contribution in [3.63, 3.8) is 0 Å². The lowest BCUT2D eigenvalue weighted by Gasteiger charge is -2.30. The van der Waals surface area contributed by atoms with Crippen molar-refractivity contribution < 1.29 is 42.1 Å². The summed E-state index contributed by atoms with van der Waals surface area (Å²) in [4.78, 5) is 30.4. The standard InChI is InChI=1S/C39H39N3O9S2/c1-25-4-17-33-35(22-25)52-38(41-33)27-9-11-30(12-10-27)40-37(44)34-23-29(26-5-7-28(8-6-26)39(45)49-3)24-36(51-34)50-21-19-42(18-20-43)53(46,47)32-15-13-31(48-2)14-16-32/h4-17,22-23,29,36,43H,18-21,24H2,1-3H3,(H,40,44)/t29-,36+/m0/s1. The van der Waals surface area contributed by atoms with Crippen LogP contribution in [0.4, 0.5) is 5.69 Å². The van der Waals surface area contributed by atoms with Crippen LogP contribution in [0, 0.1) is 6.92 Å². The summed E-state index contributed by atoms with van der Waals surface area (Å²) in [5.41, 5.74) is 4.75. The van der Waals surface area contributed by atoms with Crippen LogP contribution in [0.5, 0.6) is 5.75 Å². The number of esters is 1. The number of hydrogen-bond acceptors (Lipinski definition) is 11. The van der Waals surface area contributed by atoms with E-state index in [2.05, 4.69) is 11.4 Å². The van der Waals surface area contributed by atoms with E-state index in [9.17, 15) is 23.1 Å². The molecular formula is C39H39N3O9S2. The van der Waals surface area contributed by atoms with Crippen LogP contribution in [0.3, 0.4) is 0 Å². The number of nitrogens with one attached hydrogen (secondary N) is 1. The number of carbonyl (C=O) groups excluding carboxylic acids is 2. The summed E-state index contributed by atoms with van der Waals surface area (Å²) < 4.78 is 51.1. The molecule has 0 bridgehead atoms. The number of anilines is 1. The van der Waals surface area contributed by atoms with Gasteiger partial charge in [0.25, 0.3) is 5.91 Å². The molecule has 2 N–H and O–H groups in total. The summed E-state index contributed by atoms with van der Waals surface area (Å²) in [5, 5.41) is 13.4. The van der Waals surface area contributed by atoms with Crippen LogP contribution in [0.25, 0.3) is 20.8 Å². The number of allylic oxidation sites excluding steroid dienone is 1. The van der Waals surface area contributed by atoms with Crippen molar-refractivity contribution in [1.82, 2.24) is 9.29 Å². The van der Waals surface area contributed by atoms with E-state index in [1.165, 1.54) is 31.9 Å². The third-order valence-electron chi connectivity index (χ3n) is 8.67. The molecule has 1 aliphatic heterocycles. The molecule has 0 unspecified atom stereocenters. The third kappa shape index (κ3) is 8.92. The molecule has 2 atom stereocenters. The highest BCUT2D eigenvalue weighted by molar-refractivity contribution is 7.89. The van der Waals surface area contributed by atoms with Gasteiger partial charge in [0.15, 0.2) is 5.76 Å². The molecule has 0 fully saturated rings. The SMILES string of the molecule is COC(=O)c1ccc([C@H]2C=C(C(=O)Nc3ccc(-c4nc5ccc(C)cc5s4)cc3)O[C@@H](OCCN(CCO)S(=O)(=O)c3ccc(OC)cc3)C2)cc1. The number of ether oxygens (including phenoxy) is 4. The van der Waals surface area contributed by atoms with Crippen LogP contribution >= 0.6 is 11.3 Å². The number of aryl methyl sites for hydroxylation is 1. The molecule has 1 aromatic heterocycles. The second-order valence-electron chi connectivity index (χ2n) is 12.2. The minimum absolute atomic E-state index is 0.0204. The number of benzene rings is 4. The fourth-order valence-corrected chi connectivity index (χ4v) is 8.31. The zero-order chi connectivity index (χ0) is 37.5. The topological polar surface area (TPSA) is 154 Å². The predicted molar refractivity (Wildman–Crippen MR) is 201 cm³/mol. The Morgan fingerprint density at radius 3 is 2.40 bits per heavy atom. The zero-order valence-corrected chi connectivity index (χ0v) is 31.0. The molecule has 0 radical (unpaired) electrons. The summed E-state index contributed by atoms with van der Waals surface area (Å²) in [6.07, 6.45) is 1.08. The van der Waals surface area contributed by atoms with Crippen molar-refractivity contribution >= 4 is 49.1 Å². The number of aliphatic hydroxyl groups is 1. The smallest absolute Gasteiger partial charge is 0.337 e. The minimum atomic E-state index is -3.97. The molecule has 14 heteroatoms. The van der Waals surface area contributed by atoms with Crippen LogP contribution in [-0.2, 0) is 29.0 Å². The van der Waals surface area contributed by atoms with Crippen molar-refractivity contribution in [2.45, 2.75) is 30.4 Å². The van der Waals surface area contributed by atoms with Crippen molar-refractivity contribution in [3.05, 3.63) is 120 Å². The van der Waals surface area contributed by atoms with Gasteiger partial charge >= 0.3 is 5.97 Å². The van der Waals surface area contributed by atoms with E-state index in [0.717, 1.165) is 30.7 Å².